The Morgan fingerprint density at radius 3 is 2.41 bits per heavy atom. The fourth-order valence-electron chi connectivity index (χ4n) is 1.62. The van der Waals surface area contributed by atoms with Crippen LogP contribution in [0.25, 0.3) is 0 Å². The van der Waals surface area contributed by atoms with Crippen molar-refractivity contribution >= 4 is 23.7 Å². The lowest BCUT2D eigenvalue weighted by Crippen LogP contribution is -2.38. The highest BCUT2D eigenvalue weighted by molar-refractivity contribution is 6.31. The van der Waals surface area contributed by atoms with Crippen LogP contribution in [0.4, 0.5) is 9.18 Å². The van der Waals surface area contributed by atoms with Crippen molar-refractivity contribution in [2.24, 2.45) is 0 Å². The minimum Gasteiger partial charge on any atom is -0.494 e. The van der Waals surface area contributed by atoms with Crippen LogP contribution in [0.15, 0.2) is 12.1 Å². The molecule has 1 unspecified atom stereocenters. The molecule has 1 amide bonds. The minimum absolute atomic E-state index is 0.0540. The molecule has 1 rings (SSSR count). The molecule has 2 N–H and O–H groups in total. The number of carboxylic acids is 1. The second-order valence-corrected chi connectivity index (χ2v) is 5.83. The fraction of sp³-hybridized carbons (Fsp3) is 0.429. The van der Waals surface area contributed by atoms with Crippen molar-refractivity contribution in [2.75, 3.05) is 7.11 Å². The van der Waals surface area contributed by atoms with Gasteiger partial charge < -0.3 is 19.9 Å². The number of carboxylic acid groups (broad SMARTS) is 1. The van der Waals surface area contributed by atoms with Gasteiger partial charge in [-0.3, -0.25) is 0 Å². The van der Waals surface area contributed by atoms with Gasteiger partial charge in [-0.05, 0) is 26.8 Å². The molecule has 0 spiro atoms. The van der Waals surface area contributed by atoms with Crippen molar-refractivity contribution in [3.05, 3.63) is 28.5 Å². The smallest absolute Gasteiger partial charge is 0.408 e. The van der Waals surface area contributed by atoms with Gasteiger partial charge in [-0.25, -0.2) is 14.0 Å². The monoisotopic (exact) mass is 333 g/mol. The first-order chi connectivity index (χ1) is 10.0. The van der Waals surface area contributed by atoms with Crippen LogP contribution in [0.5, 0.6) is 5.75 Å². The van der Waals surface area contributed by atoms with Crippen LogP contribution in [0, 0.1) is 5.82 Å². The number of methoxy groups -OCH3 is 1. The Kier molecular flexibility index (Phi) is 5.59. The lowest BCUT2D eigenvalue weighted by Gasteiger charge is -2.22. The number of alkyl carbamates (subject to hydrolysis) is 1. The number of hydrogen-bond donors (Lipinski definition) is 2. The van der Waals surface area contributed by atoms with Gasteiger partial charge in [-0.2, -0.15) is 0 Å². The van der Waals surface area contributed by atoms with E-state index in [-0.39, 0.29) is 16.3 Å². The van der Waals surface area contributed by atoms with Gasteiger partial charge in [0, 0.05) is 11.6 Å². The molecular weight excluding hydrogens is 317 g/mol. The zero-order chi connectivity index (χ0) is 17.1. The van der Waals surface area contributed by atoms with Crippen LogP contribution in [0.3, 0.4) is 0 Å². The summed E-state index contributed by atoms with van der Waals surface area (Å²) in [6, 6.07) is 0.485. The Morgan fingerprint density at radius 1 is 1.36 bits per heavy atom. The second kappa shape index (κ2) is 6.83. The molecule has 6 nitrogen and oxygen atoms in total. The first-order valence-corrected chi connectivity index (χ1v) is 6.68. The maximum absolute atomic E-state index is 13.7. The summed E-state index contributed by atoms with van der Waals surface area (Å²) in [4.78, 5) is 23.0. The molecule has 0 aliphatic heterocycles. The molecule has 0 aliphatic carbocycles. The summed E-state index contributed by atoms with van der Waals surface area (Å²) in [6.45, 7) is 4.88. The summed E-state index contributed by atoms with van der Waals surface area (Å²) >= 11 is 5.93. The quantitative estimate of drug-likeness (QED) is 0.884. The third kappa shape index (κ3) is 4.77. The van der Waals surface area contributed by atoms with Crippen molar-refractivity contribution in [3.63, 3.8) is 0 Å². The number of ether oxygens (including phenoxy) is 2. The highest BCUT2D eigenvalue weighted by Crippen LogP contribution is 2.30. The number of hydrogen-bond acceptors (Lipinski definition) is 4. The summed E-state index contributed by atoms with van der Waals surface area (Å²) in [5.41, 5.74) is -0.916. The van der Waals surface area contributed by atoms with Crippen molar-refractivity contribution in [3.8, 4) is 5.75 Å². The zero-order valence-corrected chi connectivity index (χ0v) is 13.3. The molecular formula is C14H17ClFNO5. The van der Waals surface area contributed by atoms with Gasteiger partial charge in [-0.1, -0.05) is 11.6 Å². The number of amides is 1. The van der Waals surface area contributed by atoms with Crippen molar-refractivity contribution in [1.82, 2.24) is 5.32 Å². The predicted molar refractivity (Wildman–Crippen MR) is 77.7 cm³/mol. The van der Waals surface area contributed by atoms with Crippen molar-refractivity contribution in [1.29, 1.82) is 0 Å². The number of carbonyl (C=O) groups excluding carboxylic acids is 1. The van der Waals surface area contributed by atoms with Gasteiger partial charge in [0.25, 0.3) is 0 Å². The highest BCUT2D eigenvalue weighted by Gasteiger charge is 2.28. The third-order valence-electron chi connectivity index (χ3n) is 2.49. The summed E-state index contributed by atoms with van der Waals surface area (Å²) < 4.78 is 23.5. The summed E-state index contributed by atoms with van der Waals surface area (Å²) in [5, 5.41) is 11.3. The average molecular weight is 334 g/mol. The summed E-state index contributed by atoms with van der Waals surface area (Å²) in [5.74, 6) is -2.33. The van der Waals surface area contributed by atoms with E-state index in [1.54, 1.807) is 20.8 Å². The first kappa shape index (κ1) is 18.0. The second-order valence-electron chi connectivity index (χ2n) is 5.43. The Balaban J connectivity index is 3.09. The van der Waals surface area contributed by atoms with Crippen LogP contribution in [-0.4, -0.2) is 29.9 Å². The molecule has 8 heteroatoms. The number of carbonyl (C=O) groups is 2. The van der Waals surface area contributed by atoms with Crippen LogP contribution >= 0.6 is 11.6 Å². The van der Waals surface area contributed by atoms with Gasteiger partial charge in [0.2, 0.25) is 0 Å². The Hall–Kier alpha value is -2.02. The maximum Gasteiger partial charge on any atom is 0.408 e. The fourth-order valence-corrected chi connectivity index (χ4v) is 1.88. The third-order valence-corrected chi connectivity index (χ3v) is 2.82. The van der Waals surface area contributed by atoms with Gasteiger partial charge in [-0.15, -0.1) is 0 Å². The number of benzene rings is 1. The molecule has 0 fully saturated rings. The first-order valence-electron chi connectivity index (χ1n) is 6.30. The number of aliphatic carboxylic acids is 1. The van der Waals surface area contributed by atoms with Crippen LogP contribution in [0.2, 0.25) is 5.02 Å². The topological polar surface area (TPSA) is 84.9 Å². The summed E-state index contributed by atoms with van der Waals surface area (Å²) in [7, 11) is 1.25. The average Bonchev–Trinajstić information content (AvgIpc) is 2.36. The summed E-state index contributed by atoms with van der Waals surface area (Å²) in [6.07, 6.45) is -0.952. The van der Waals surface area contributed by atoms with Gasteiger partial charge in [0.15, 0.2) is 17.6 Å². The number of rotatable bonds is 4. The van der Waals surface area contributed by atoms with E-state index in [2.05, 4.69) is 5.32 Å². The van der Waals surface area contributed by atoms with E-state index in [0.717, 1.165) is 12.1 Å². The molecule has 1 atom stereocenters. The van der Waals surface area contributed by atoms with Crippen molar-refractivity contribution in [2.45, 2.75) is 32.4 Å². The Bertz CT molecular complexity index is 585. The minimum atomic E-state index is -1.55. The molecule has 0 saturated carbocycles. The van der Waals surface area contributed by atoms with Crippen LogP contribution in [0.1, 0.15) is 32.4 Å². The molecule has 0 aromatic heterocycles. The molecule has 122 valence electrons. The van der Waals surface area contributed by atoms with E-state index in [9.17, 15) is 19.1 Å². The largest absolute Gasteiger partial charge is 0.494 e. The van der Waals surface area contributed by atoms with Gasteiger partial charge >= 0.3 is 12.1 Å². The SMILES string of the molecule is COc1cc(Cl)c(C(NC(=O)OC(C)(C)C)C(=O)O)cc1F. The normalized spacial score (nSPS) is 12.5. The standard InChI is InChI=1S/C14H17ClFNO5/c1-14(2,3)22-13(20)17-11(12(18)19)7-5-9(16)10(21-4)6-8(7)15/h5-6,11H,1-4H3,(H,17,20)(H,18,19). The van der Waals surface area contributed by atoms with E-state index < -0.39 is 29.5 Å². The van der Waals surface area contributed by atoms with Gasteiger partial charge in [0.05, 0.1) is 12.1 Å². The molecule has 0 heterocycles. The van der Waals surface area contributed by atoms with Crippen LogP contribution in [-0.2, 0) is 9.53 Å². The lowest BCUT2D eigenvalue weighted by atomic mass is 10.1. The lowest BCUT2D eigenvalue weighted by molar-refractivity contribution is -0.139. The van der Waals surface area contributed by atoms with E-state index in [1.165, 1.54) is 7.11 Å². The predicted octanol–water partition coefficient (Wildman–Crippen LogP) is 3.14. The number of nitrogens with one attached hydrogen (secondary N) is 1. The van der Waals surface area contributed by atoms with E-state index in [1.807, 2.05) is 0 Å². The maximum atomic E-state index is 13.7. The highest BCUT2D eigenvalue weighted by atomic mass is 35.5. The van der Waals surface area contributed by atoms with Gasteiger partial charge in [0.1, 0.15) is 5.60 Å². The molecule has 0 aliphatic rings. The van der Waals surface area contributed by atoms with E-state index >= 15 is 0 Å². The Morgan fingerprint density at radius 2 is 1.95 bits per heavy atom. The zero-order valence-electron chi connectivity index (χ0n) is 12.6. The molecule has 1 aromatic carbocycles. The van der Waals surface area contributed by atoms with E-state index in [4.69, 9.17) is 21.1 Å². The van der Waals surface area contributed by atoms with E-state index in [0.29, 0.717) is 0 Å². The van der Waals surface area contributed by atoms with Crippen molar-refractivity contribution < 1.29 is 28.6 Å². The molecule has 0 bridgehead atoms. The molecule has 0 saturated heterocycles. The molecule has 1 aromatic rings. The van der Waals surface area contributed by atoms with Crippen LogP contribution < -0.4 is 10.1 Å². The molecule has 0 radical (unpaired) electrons. The number of halogens is 2. The Labute approximate surface area is 132 Å². The molecule has 22 heavy (non-hydrogen) atoms.